The first-order valence-corrected chi connectivity index (χ1v) is 5.57. The van der Waals surface area contributed by atoms with Crippen LogP contribution in [0.4, 0.5) is 0 Å². The van der Waals surface area contributed by atoms with Crippen molar-refractivity contribution in [3.63, 3.8) is 0 Å². The largest absolute Gasteiger partial charge is 0.480 e. The molecule has 1 heterocycles. The van der Waals surface area contributed by atoms with E-state index < -0.39 is 16.6 Å². The predicted octanol–water partition coefficient (Wildman–Crippen LogP) is 0.184. The summed E-state index contributed by atoms with van der Waals surface area (Å²) in [6.45, 7) is -0.111. The number of hydrogen-bond donors (Lipinski definition) is 4. The molecular formula is C6H13NO4S. The quantitative estimate of drug-likeness (QED) is 0.516. The third-order valence-corrected chi connectivity index (χ3v) is 3.63. The van der Waals surface area contributed by atoms with Crippen LogP contribution in [0.1, 0.15) is 6.42 Å². The lowest BCUT2D eigenvalue weighted by atomic mass is 10.3. The highest BCUT2D eigenvalue weighted by Gasteiger charge is 2.27. The normalized spacial score (nSPS) is 30.0. The summed E-state index contributed by atoms with van der Waals surface area (Å²) >= 11 is 0. The Hall–Kier alpha value is -0.300. The third-order valence-electron chi connectivity index (χ3n) is 1.80. The predicted molar refractivity (Wildman–Crippen MR) is 46.6 cm³/mol. The molecule has 1 rings (SSSR count). The molecular weight excluding hydrogens is 182 g/mol. The van der Waals surface area contributed by atoms with Crippen molar-refractivity contribution in [1.82, 2.24) is 5.32 Å². The fourth-order valence-corrected chi connectivity index (χ4v) is 2.97. The molecule has 0 saturated carbocycles. The third kappa shape index (κ3) is 2.98. The molecule has 0 aromatic heterocycles. The smallest absolute Gasteiger partial charge is 0.317 e. The van der Waals surface area contributed by atoms with Gasteiger partial charge in [-0.05, 0) is 6.42 Å². The number of aliphatic carboxylic acids is 1. The molecule has 72 valence electrons. The van der Waals surface area contributed by atoms with Crippen molar-refractivity contribution in [3.8, 4) is 0 Å². The number of carboxylic acid groups (broad SMARTS) is 1. The Morgan fingerprint density at radius 1 is 1.58 bits per heavy atom. The number of nitrogens with one attached hydrogen (secondary N) is 1. The van der Waals surface area contributed by atoms with Crippen LogP contribution in [-0.2, 0) is 4.79 Å². The standard InChI is InChI=1S/C6H13NO4S/c8-6(9)3-7-5-1-2-12(10,11)4-5/h5,7,10-11H,1-4H2,(H,8,9)/t5-/m1/s1. The summed E-state index contributed by atoms with van der Waals surface area (Å²) in [6, 6.07) is -0.0499. The molecule has 0 aromatic rings. The zero-order valence-corrected chi connectivity index (χ0v) is 7.38. The summed E-state index contributed by atoms with van der Waals surface area (Å²) in [7, 11) is -2.40. The molecule has 1 fully saturated rings. The van der Waals surface area contributed by atoms with Crippen LogP contribution in [-0.4, -0.2) is 44.3 Å². The molecule has 1 atom stereocenters. The molecule has 4 N–H and O–H groups in total. The second kappa shape index (κ2) is 3.61. The maximum atomic E-state index is 10.1. The van der Waals surface area contributed by atoms with E-state index >= 15 is 0 Å². The SMILES string of the molecule is O=C(O)CN[C@@H]1CCS(O)(O)C1. The lowest BCUT2D eigenvalue weighted by molar-refractivity contribution is -0.136. The zero-order valence-electron chi connectivity index (χ0n) is 6.56. The number of carbonyl (C=O) groups is 1. The van der Waals surface area contributed by atoms with Gasteiger partial charge in [-0.2, -0.15) is 10.6 Å². The molecule has 0 amide bonds. The van der Waals surface area contributed by atoms with E-state index in [0.717, 1.165) is 0 Å². The van der Waals surface area contributed by atoms with Crippen LogP contribution in [0, 0.1) is 0 Å². The molecule has 0 unspecified atom stereocenters. The van der Waals surface area contributed by atoms with E-state index in [-0.39, 0.29) is 12.6 Å². The Morgan fingerprint density at radius 2 is 2.25 bits per heavy atom. The van der Waals surface area contributed by atoms with Crippen molar-refractivity contribution in [2.24, 2.45) is 0 Å². The lowest BCUT2D eigenvalue weighted by Crippen LogP contribution is -2.33. The van der Waals surface area contributed by atoms with Gasteiger partial charge in [0.15, 0.2) is 0 Å². The molecule has 12 heavy (non-hydrogen) atoms. The van der Waals surface area contributed by atoms with Crippen LogP contribution in [0.3, 0.4) is 0 Å². The van der Waals surface area contributed by atoms with Gasteiger partial charge < -0.3 is 10.4 Å². The maximum Gasteiger partial charge on any atom is 0.317 e. The van der Waals surface area contributed by atoms with E-state index in [1.165, 1.54) is 0 Å². The van der Waals surface area contributed by atoms with E-state index in [1.807, 2.05) is 0 Å². The van der Waals surface area contributed by atoms with Gasteiger partial charge >= 0.3 is 5.97 Å². The topological polar surface area (TPSA) is 89.8 Å². The van der Waals surface area contributed by atoms with Crippen molar-refractivity contribution in [2.45, 2.75) is 12.5 Å². The van der Waals surface area contributed by atoms with Gasteiger partial charge in [-0.25, -0.2) is 0 Å². The summed E-state index contributed by atoms with van der Waals surface area (Å²) in [6.07, 6.45) is 0.648. The Balaban J connectivity index is 2.24. The summed E-state index contributed by atoms with van der Waals surface area (Å²) < 4.78 is 18.4. The Morgan fingerprint density at radius 3 is 2.67 bits per heavy atom. The second-order valence-electron chi connectivity index (χ2n) is 2.93. The van der Waals surface area contributed by atoms with Gasteiger partial charge in [0.2, 0.25) is 0 Å². The average molecular weight is 195 g/mol. The van der Waals surface area contributed by atoms with Crippen molar-refractivity contribution < 1.29 is 19.0 Å². The summed E-state index contributed by atoms with van der Waals surface area (Å²) in [4.78, 5) is 10.1. The average Bonchev–Trinajstić information content (AvgIpc) is 2.26. The number of hydrogen-bond acceptors (Lipinski definition) is 4. The van der Waals surface area contributed by atoms with Crippen LogP contribution < -0.4 is 5.32 Å². The number of carboxylic acids is 1. The van der Waals surface area contributed by atoms with Crippen molar-refractivity contribution in [2.75, 3.05) is 18.1 Å². The van der Waals surface area contributed by atoms with Crippen LogP contribution in [0.25, 0.3) is 0 Å². The number of rotatable bonds is 3. The van der Waals surface area contributed by atoms with Crippen molar-refractivity contribution >= 4 is 16.6 Å². The van der Waals surface area contributed by atoms with Crippen LogP contribution in [0.5, 0.6) is 0 Å². The summed E-state index contributed by atoms with van der Waals surface area (Å²) in [5.74, 6) is -0.233. The molecule has 0 aliphatic carbocycles. The lowest BCUT2D eigenvalue weighted by Gasteiger charge is -2.25. The highest BCUT2D eigenvalue weighted by atomic mass is 32.3. The van der Waals surface area contributed by atoms with Crippen molar-refractivity contribution in [1.29, 1.82) is 0 Å². The van der Waals surface area contributed by atoms with Crippen LogP contribution in [0.2, 0.25) is 0 Å². The highest BCUT2D eigenvalue weighted by molar-refractivity contribution is 8.24. The Labute approximate surface area is 72.1 Å². The molecule has 0 bridgehead atoms. The molecule has 0 radical (unpaired) electrons. The molecule has 6 heteroatoms. The van der Waals surface area contributed by atoms with Gasteiger partial charge in [-0.3, -0.25) is 13.9 Å². The Kier molecular flexibility index (Phi) is 2.94. The molecule has 1 aliphatic heterocycles. The minimum Gasteiger partial charge on any atom is -0.480 e. The monoisotopic (exact) mass is 195 g/mol. The van der Waals surface area contributed by atoms with E-state index in [4.69, 9.17) is 5.11 Å². The van der Waals surface area contributed by atoms with Crippen LogP contribution in [0.15, 0.2) is 0 Å². The minimum absolute atomic E-state index is 0.0499. The van der Waals surface area contributed by atoms with E-state index in [2.05, 4.69) is 5.32 Å². The Bertz CT molecular complexity index is 184. The molecule has 0 spiro atoms. The van der Waals surface area contributed by atoms with E-state index in [0.29, 0.717) is 17.9 Å². The van der Waals surface area contributed by atoms with Gasteiger partial charge in [0.1, 0.15) is 0 Å². The molecule has 1 aliphatic rings. The molecule has 0 aromatic carbocycles. The van der Waals surface area contributed by atoms with Crippen LogP contribution >= 0.6 is 10.6 Å². The summed E-state index contributed by atoms with van der Waals surface area (Å²) in [5.41, 5.74) is 0. The first-order valence-electron chi connectivity index (χ1n) is 3.68. The first-order chi connectivity index (χ1) is 5.49. The minimum atomic E-state index is -2.40. The maximum absolute atomic E-state index is 10.1. The second-order valence-corrected chi connectivity index (χ2v) is 5.28. The van der Waals surface area contributed by atoms with Gasteiger partial charge in [0.05, 0.1) is 12.3 Å². The molecule has 1 saturated heterocycles. The van der Waals surface area contributed by atoms with Gasteiger partial charge in [0.25, 0.3) is 0 Å². The van der Waals surface area contributed by atoms with E-state index in [9.17, 15) is 13.9 Å². The summed E-state index contributed by atoms with van der Waals surface area (Å²) in [5, 5.41) is 11.1. The highest BCUT2D eigenvalue weighted by Crippen LogP contribution is 2.45. The van der Waals surface area contributed by atoms with Gasteiger partial charge in [-0.15, -0.1) is 0 Å². The van der Waals surface area contributed by atoms with Gasteiger partial charge in [0, 0.05) is 11.8 Å². The first kappa shape index (κ1) is 9.79. The molecule has 5 nitrogen and oxygen atoms in total. The van der Waals surface area contributed by atoms with Gasteiger partial charge in [-0.1, -0.05) is 0 Å². The van der Waals surface area contributed by atoms with Crippen molar-refractivity contribution in [3.05, 3.63) is 0 Å². The fraction of sp³-hybridized carbons (Fsp3) is 0.833. The fourth-order valence-electron chi connectivity index (χ4n) is 1.21. The zero-order chi connectivity index (χ0) is 9.19. The van der Waals surface area contributed by atoms with E-state index in [1.54, 1.807) is 0 Å².